The van der Waals surface area contributed by atoms with Gasteiger partial charge >= 0.3 is 6.18 Å². The molecular formula is C12H10F3N2O. The Morgan fingerprint density at radius 3 is 2.56 bits per heavy atom. The molecule has 1 aliphatic heterocycles. The molecule has 6 heteroatoms. The summed E-state index contributed by atoms with van der Waals surface area (Å²) in [6, 6.07) is 3.21. The van der Waals surface area contributed by atoms with Gasteiger partial charge in [0.25, 0.3) is 5.91 Å². The molecule has 0 saturated carbocycles. The molecule has 1 radical (unpaired) electrons. The summed E-state index contributed by atoms with van der Waals surface area (Å²) < 4.78 is 37.8. The van der Waals surface area contributed by atoms with Crippen LogP contribution in [0.2, 0.25) is 0 Å². The molecule has 0 saturated heterocycles. The van der Waals surface area contributed by atoms with Crippen molar-refractivity contribution in [2.75, 3.05) is 0 Å². The lowest BCUT2D eigenvalue weighted by molar-refractivity contribution is -0.137. The third-order valence-electron chi connectivity index (χ3n) is 2.75. The zero-order valence-electron chi connectivity index (χ0n) is 9.51. The summed E-state index contributed by atoms with van der Waals surface area (Å²) in [6.07, 6.45) is -4.01. The molecule has 1 aromatic rings. The number of hydrogen-bond acceptors (Lipinski definition) is 1. The van der Waals surface area contributed by atoms with E-state index < -0.39 is 17.6 Å². The predicted molar refractivity (Wildman–Crippen MR) is 59.6 cm³/mol. The van der Waals surface area contributed by atoms with E-state index >= 15 is 0 Å². The average Bonchev–Trinajstić information content (AvgIpc) is 2.65. The molecule has 18 heavy (non-hydrogen) atoms. The van der Waals surface area contributed by atoms with Gasteiger partial charge in [0.15, 0.2) is 0 Å². The molecule has 95 valence electrons. The van der Waals surface area contributed by atoms with Crippen LogP contribution in [0, 0.1) is 0 Å². The van der Waals surface area contributed by atoms with E-state index in [0.717, 1.165) is 12.1 Å². The third-order valence-corrected chi connectivity index (χ3v) is 2.75. The maximum absolute atomic E-state index is 12.6. The molecule has 0 spiro atoms. The SMILES string of the molecule is CCC1=C(C(N)=O)[N]c2ccc(C(F)(F)F)cc21. The number of allylic oxidation sites excluding steroid dienone is 1. The second-order valence-corrected chi connectivity index (χ2v) is 3.89. The van der Waals surface area contributed by atoms with Gasteiger partial charge < -0.3 is 5.73 Å². The first-order valence-corrected chi connectivity index (χ1v) is 5.31. The Morgan fingerprint density at radius 1 is 1.39 bits per heavy atom. The fraction of sp³-hybridized carbons (Fsp3) is 0.250. The number of benzene rings is 1. The van der Waals surface area contributed by atoms with Crippen molar-refractivity contribution in [2.45, 2.75) is 19.5 Å². The minimum atomic E-state index is -4.41. The van der Waals surface area contributed by atoms with Gasteiger partial charge in [0.2, 0.25) is 0 Å². The van der Waals surface area contributed by atoms with Gasteiger partial charge in [0.1, 0.15) is 5.70 Å². The van der Waals surface area contributed by atoms with E-state index in [1.54, 1.807) is 6.92 Å². The Labute approximate surface area is 101 Å². The van der Waals surface area contributed by atoms with Crippen molar-refractivity contribution >= 4 is 17.2 Å². The monoisotopic (exact) mass is 255 g/mol. The first kappa shape index (κ1) is 12.5. The number of fused-ring (bicyclic) bond motifs is 1. The van der Waals surface area contributed by atoms with Crippen molar-refractivity contribution in [3.63, 3.8) is 0 Å². The minimum Gasteiger partial charge on any atom is -0.364 e. The summed E-state index contributed by atoms with van der Waals surface area (Å²) >= 11 is 0. The number of alkyl halides is 3. The molecule has 1 amide bonds. The molecule has 3 nitrogen and oxygen atoms in total. The number of amides is 1. The topological polar surface area (TPSA) is 57.2 Å². The fourth-order valence-corrected chi connectivity index (χ4v) is 1.93. The van der Waals surface area contributed by atoms with Crippen molar-refractivity contribution in [3.05, 3.63) is 35.0 Å². The summed E-state index contributed by atoms with van der Waals surface area (Å²) in [5, 5.41) is 3.96. The van der Waals surface area contributed by atoms with E-state index in [2.05, 4.69) is 5.32 Å². The minimum absolute atomic E-state index is 0.0480. The average molecular weight is 255 g/mol. The molecule has 0 fully saturated rings. The van der Waals surface area contributed by atoms with Crippen LogP contribution in [0.5, 0.6) is 0 Å². The van der Waals surface area contributed by atoms with E-state index in [0.29, 0.717) is 23.2 Å². The zero-order valence-corrected chi connectivity index (χ0v) is 9.51. The van der Waals surface area contributed by atoms with Gasteiger partial charge in [-0.1, -0.05) is 6.92 Å². The van der Waals surface area contributed by atoms with Crippen LogP contribution in [0.3, 0.4) is 0 Å². The molecule has 2 rings (SSSR count). The van der Waals surface area contributed by atoms with E-state index in [4.69, 9.17) is 5.73 Å². The Hall–Kier alpha value is -1.98. The van der Waals surface area contributed by atoms with E-state index in [1.165, 1.54) is 6.07 Å². The Morgan fingerprint density at radius 2 is 2.06 bits per heavy atom. The number of hydrogen-bond donors (Lipinski definition) is 1. The first-order valence-electron chi connectivity index (χ1n) is 5.31. The van der Waals surface area contributed by atoms with Crippen LogP contribution in [-0.4, -0.2) is 5.91 Å². The number of nitrogens with zero attached hydrogens (tertiary/aromatic N) is 1. The van der Waals surface area contributed by atoms with Crippen molar-refractivity contribution in [1.82, 2.24) is 5.32 Å². The molecule has 1 heterocycles. The van der Waals surface area contributed by atoms with Crippen LogP contribution in [0.15, 0.2) is 23.9 Å². The standard InChI is InChI=1S/C12H10F3N2O/c1-2-7-8-5-6(12(13,14)15)3-4-9(8)17-10(7)11(16)18/h3-5H,2H2,1H3,(H2,16,18). The van der Waals surface area contributed by atoms with Gasteiger partial charge in [-0.2, -0.15) is 13.2 Å². The molecule has 2 N–H and O–H groups in total. The number of primary amides is 1. The molecule has 1 aromatic carbocycles. The first-order chi connectivity index (χ1) is 8.34. The Bertz CT molecular complexity index is 547. The molecule has 0 aromatic heterocycles. The molecule has 0 aliphatic carbocycles. The van der Waals surface area contributed by atoms with Crippen LogP contribution in [0.1, 0.15) is 24.5 Å². The number of carbonyl (C=O) groups is 1. The van der Waals surface area contributed by atoms with Crippen LogP contribution >= 0.6 is 0 Å². The number of halogens is 3. The van der Waals surface area contributed by atoms with Crippen LogP contribution in [0.25, 0.3) is 5.57 Å². The lowest BCUT2D eigenvalue weighted by Crippen LogP contribution is -2.18. The predicted octanol–water partition coefficient (Wildman–Crippen LogP) is 2.56. The second-order valence-electron chi connectivity index (χ2n) is 3.89. The Balaban J connectivity index is 2.55. The van der Waals surface area contributed by atoms with Crippen LogP contribution < -0.4 is 11.1 Å². The van der Waals surface area contributed by atoms with E-state index in [9.17, 15) is 18.0 Å². The smallest absolute Gasteiger partial charge is 0.364 e. The number of rotatable bonds is 2. The largest absolute Gasteiger partial charge is 0.416 e. The van der Waals surface area contributed by atoms with Crippen molar-refractivity contribution < 1.29 is 18.0 Å². The lowest BCUT2D eigenvalue weighted by Gasteiger charge is -2.09. The highest BCUT2D eigenvalue weighted by Gasteiger charge is 2.33. The zero-order chi connectivity index (χ0) is 13.5. The van der Waals surface area contributed by atoms with Crippen molar-refractivity contribution in [3.8, 4) is 0 Å². The van der Waals surface area contributed by atoms with Gasteiger partial charge in [0.05, 0.1) is 11.3 Å². The summed E-state index contributed by atoms with van der Waals surface area (Å²) in [6.45, 7) is 1.74. The summed E-state index contributed by atoms with van der Waals surface area (Å²) in [4.78, 5) is 11.2. The number of nitrogens with two attached hydrogens (primary N) is 1. The van der Waals surface area contributed by atoms with Gasteiger partial charge in [0, 0.05) is 5.56 Å². The normalized spacial score (nSPS) is 14.4. The molecule has 0 atom stereocenters. The van der Waals surface area contributed by atoms with Crippen LogP contribution in [0.4, 0.5) is 18.9 Å². The summed E-state index contributed by atoms with van der Waals surface area (Å²) in [7, 11) is 0. The molecule has 0 unspecified atom stereocenters. The molecular weight excluding hydrogens is 245 g/mol. The van der Waals surface area contributed by atoms with Crippen LogP contribution in [-0.2, 0) is 11.0 Å². The highest BCUT2D eigenvalue weighted by molar-refractivity contribution is 6.04. The van der Waals surface area contributed by atoms with Crippen molar-refractivity contribution in [2.24, 2.45) is 5.73 Å². The lowest BCUT2D eigenvalue weighted by atomic mass is 10.0. The quantitative estimate of drug-likeness (QED) is 0.867. The highest BCUT2D eigenvalue weighted by Crippen LogP contribution is 2.40. The summed E-state index contributed by atoms with van der Waals surface area (Å²) in [5.74, 6) is -0.725. The highest BCUT2D eigenvalue weighted by atomic mass is 19.4. The van der Waals surface area contributed by atoms with Gasteiger partial charge in [-0.05, 0) is 30.2 Å². The van der Waals surface area contributed by atoms with E-state index in [-0.39, 0.29) is 5.70 Å². The number of carbonyl (C=O) groups excluding carboxylic acids is 1. The summed E-state index contributed by atoms with van der Waals surface area (Å²) in [5.41, 5.74) is 5.60. The maximum Gasteiger partial charge on any atom is 0.416 e. The van der Waals surface area contributed by atoms with Gasteiger partial charge in [-0.3, -0.25) is 4.79 Å². The molecule has 1 aliphatic rings. The van der Waals surface area contributed by atoms with E-state index in [1.807, 2.05) is 0 Å². The molecule has 0 bridgehead atoms. The van der Waals surface area contributed by atoms with Gasteiger partial charge in [-0.25, -0.2) is 5.32 Å². The second kappa shape index (κ2) is 4.04. The Kier molecular flexibility index (Phi) is 2.80. The third kappa shape index (κ3) is 1.94. The maximum atomic E-state index is 12.6. The van der Waals surface area contributed by atoms with Gasteiger partial charge in [-0.15, -0.1) is 0 Å². The fourth-order valence-electron chi connectivity index (χ4n) is 1.93. The van der Waals surface area contributed by atoms with Crippen molar-refractivity contribution in [1.29, 1.82) is 0 Å².